The van der Waals surface area contributed by atoms with Crippen LogP contribution in [0.1, 0.15) is 22.0 Å². The Labute approximate surface area is 149 Å². The van der Waals surface area contributed by atoms with E-state index in [2.05, 4.69) is 28.9 Å². The summed E-state index contributed by atoms with van der Waals surface area (Å²) in [7, 11) is 0. The third-order valence-electron chi connectivity index (χ3n) is 4.44. The lowest BCUT2D eigenvalue weighted by atomic mass is 9.93. The summed E-state index contributed by atoms with van der Waals surface area (Å²) in [6.07, 6.45) is 0.854. The molecule has 1 aromatic heterocycles. The molecule has 5 heteroatoms. The molecule has 1 aliphatic rings. The fourth-order valence-corrected chi connectivity index (χ4v) is 4.16. The van der Waals surface area contributed by atoms with Crippen LogP contribution in [0.2, 0.25) is 0 Å². The van der Waals surface area contributed by atoms with Crippen LogP contribution < -0.4 is 5.32 Å². The summed E-state index contributed by atoms with van der Waals surface area (Å²) in [5.74, 6) is -0.318. The number of hydrogen-bond donors (Lipinski definition) is 1. The number of amides is 2. The lowest BCUT2D eigenvalue weighted by Gasteiger charge is -2.36. The first-order valence-electron chi connectivity index (χ1n) is 8.17. The van der Waals surface area contributed by atoms with E-state index >= 15 is 0 Å². The van der Waals surface area contributed by atoms with Gasteiger partial charge in [0.25, 0.3) is 0 Å². The minimum atomic E-state index is -0.318. The largest absolute Gasteiger partial charge is 0.322 e. The van der Waals surface area contributed by atoms with Crippen LogP contribution in [0, 0.1) is 5.82 Å². The van der Waals surface area contributed by atoms with Crippen LogP contribution in [0.5, 0.6) is 0 Å². The number of halogens is 1. The fraction of sp³-hybridized carbons (Fsp3) is 0.150. The van der Waals surface area contributed by atoms with E-state index in [1.165, 1.54) is 22.6 Å². The van der Waals surface area contributed by atoms with Crippen molar-refractivity contribution in [1.29, 1.82) is 0 Å². The van der Waals surface area contributed by atoms with Gasteiger partial charge >= 0.3 is 6.03 Å². The van der Waals surface area contributed by atoms with E-state index < -0.39 is 0 Å². The quantitative estimate of drug-likeness (QED) is 0.686. The maximum absolute atomic E-state index is 13.1. The Morgan fingerprint density at radius 3 is 2.60 bits per heavy atom. The van der Waals surface area contributed by atoms with Crippen molar-refractivity contribution in [1.82, 2.24) is 4.90 Å². The van der Waals surface area contributed by atoms with E-state index in [0.29, 0.717) is 12.2 Å². The fourth-order valence-electron chi connectivity index (χ4n) is 3.26. The maximum Gasteiger partial charge on any atom is 0.322 e. The Balaban J connectivity index is 1.65. The van der Waals surface area contributed by atoms with E-state index in [-0.39, 0.29) is 17.9 Å². The Kier molecular flexibility index (Phi) is 4.24. The van der Waals surface area contributed by atoms with Gasteiger partial charge in [0, 0.05) is 17.1 Å². The normalized spacial score (nSPS) is 16.4. The molecule has 2 aromatic carbocycles. The number of rotatable bonds is 2. The van der Waals surface area contributed by atoms with Crippen LogP contribution in [0.4, 0.5) is 14.9 Å². The number of nitrogens with zero attached hydrogens (tertiary/aromatic N) is 1. The average molecular weight is 352 g/mol. The number of carbonyl (C=O) groups is 1. The molecule has 1 aliphatic heterocycles. The molecule has 1 N–H and O–H groups in total. The Hall–Kier alpha value is -2.66. The second kappa shape index (κ2) is 6.69. The third-order valence-corrected chi connectivity index (χ3v) is 5.43. The van der Waals surface area contributed by atoms with Gasteiger partial charge in [-0.2, -0.15) is 0 Å². The summed E-state index contributed by atoms with van der Waals surface area (Å²) in [5, 5.41) is 4.97. The van der Waals surface area contributed by atoms with E-state index in [4.69, 9.17) is 0 Å². The van der Waals surface area contributed by atoms with Gasteiger partial charge in [0.1, 0.15) is 5.82 Å². The molecule has 0 aliphatic carbocycles. The van der Waals surface area contributed by atoms with Crippen molar-refractivity contribution in [2.75, 3.05) is 11.9 Å². The number of carbonyl (C=O) groups excluding carboxylic acids is 1. The number of nitrogens with one attached hydrogen (secondary N) is 1. The van der Waals surface area contributed by atoms with Crippen LogP contribution in [0.15, 0.2) is 66.0 Å². The second-order valence-electron chi connectivity index (χ2n) is 5.99. The number of thiophene rings is 1. The lowest BCUT2D eigenvalue weighted by Crippen LogP contribution is -2.42. The van der Waals surface area contributed by atoms with Gasteiger partial charge in [0.15, 0.2) is 0 Å². The highest BCUT2D eigenvalue weighted by molar-refractivity contribution is 7.10. The topological polar surface area (TPSA) is 32.3 Å². The van der Waals surface area contributed by atoms with Crippen LogP contribution in [-0.4, -0.2) is 17.5 Å². The molecule has 0 spiro atoms. The molecular weight excluding hydrogens is 335 g/mol. The van der Waals surface area contributed by atoms with Crippen molar-refractivity contribution in [3.05, 3.63) is 87.9 Å². The molecule has 126 valence electrons. The zero-order valence-electron chi connectivity index (χ0n) is 13.5. The van der Waals surface area contributed by atoms with Gasteiger partial charge in [-0.05, 0) is 53.3 Å². The van der Waals surface area contributed by atoms with Crippen molar-refractivity contribution in [3.8, 4) is 0 Å². The maximum atomic E-state index is 13.1. The monoisotopic (exact) mass is 352 g/mol. The third kappa shape index (κ3) is 3.15. The van der Waals surface area contributed by atoms with Gasteiger partial charge in [-0.15, -0.1) is 11.3 Å². The van der Waals surface area contributed by atoms with E-state index in [0.717, 1.165) is 12.0 Å². The number of urea groups is 1. The van der Waals surface area contributed by atoms with Gasteiger partial charge in [-0.25, -0.2) is 9.18 Å². The molecule has 3 aromatic rings. The predicted molar refractivity (Wildman–Crippen MR) is 98.4 cm³/mol. The van der Waals surface area contributed by atoms with Crippen molar-refractivity contribution in [3.63, 3.8) is 0 Å². The Morgan fingerprint density at radius 1 is 1.08 bits per heavy atom. The highest BCUT2D eigenvalue weighted by Crippen LogP contribution is 2.37. The van der Waals surface area contributed by atoms with Crippen molar-refractivity contribution in [2.45, 2.75) is 12.5 Å². The van der Waals surface area contributed by atoms with Gasteiger partial charge in [-0.1, -0.05) is 30.3 Å². The zero-order chi connectivity index (χ0) is 17.2. The molecule has 2 heterocycles. The van der Waals surface area contributed by atoms with E-state index in [1.807, 2.05) is 23.1 Å². The molecule has 0 unspecified atom stereocenters. The first-order chi connectivity index (χ1) is 12.2. The SMILES string of the molecule is O=C(Nc1ccc(F)cc1)N1CCc2sccc2[C@@H]1c1ccccc1. The zero-order valence-corrected chi connectivity index (χ0v) is 14.3. The number of anilines is 1. The molecular formula is C20H17FN2OS. The van der Waals surface area contributed by atoms with Crippen LogP contribution in [0.25, 0.3) is 0 Å². The highest BCUT2D eigenvalue weighted by Gasteiger charge is 2.32. The highest BCUT2D eigenvalue weighted by atomic mass is 32.1. The lowest BCUT2D eigenvalue weighted by molar-refractivity contribution is 0.194. The molecule has 1 atom stereocenters. The summed E-state index contributed by atoms with van der Waals surface area (Å²) < 4.78 is 13.1. The molecule has 25 heavy (non-hydrogen) atoms. The summed E-state index contributed by atoms with van der Waals surface area (Å²) in [6, 6.07) is 17.7. The summed E-state index contributed by atoms with van der Waals surface area (Å²) >= 11 is 1.74. The van der Waals surface area contributed by atoms with Crippen molar-refractivity contribution >= 4 is 23.1 Å². The second-order valence-corrected chi connectivity index (χ2v) is 6.99. The number of benzene rings is 2. The van der Waals surface area contributed by atoms with Crippen LogP contribution in [-0.2, 0) is 6.42 Å². The van der Waals surface area contributed by atoms with E-state index in [1.54, 1.807) is 23.5 Å². The first kappa shape index (κ1) is 15.8. The smallest absolute Gasteiger partial charge is 0.313 e. The molecule has 0 saturated carbocycles. The summed E-state index contributed by atoms with van der Waals surface area (Å²) in [5.41, 5.74) is 2.88. The molecule has 0 fully saturated rings. The standard InChI is InChI=1S/C20H17FN2OS/c21-15-6-8-16(9-7-15)22-20(24)23-12-10-18-17(11-13-25-18)19(23)14-4-2-1-3-5-14/h1-9,11,13,19H,10,12H2,(H,22,24)/t19-/m0/s1. The molecule has 4 rings (SSSR count). The van der Waals surface area contributed by atoms with Crippen molar-refractivity contribution in [2.24, 2.45) is 0 Å². The van der Waals surface area contributed by atoms with Gasteiger partial charge < -0.3 is 10.2 Å². The van der Waals surface area contributed by atoms with Crippen molar-refractivity contribution < 1.29 is 9.18 Å². The molecule has 3 nitrogen and oxygen atoms in total. The molecule has 2 amide bonds. The van der Waals surface area contributed by atoms with Gasteiger partial charge in [0.05, 0.1) is 6.04 Å². The average Bonchev–Trinajstić information content (AvgIpc) is 3.12. The first-order valence-corrected chi connectivity index (χ1v) is 9.05. The molecule has 0 saturated heterocycles. The summed E-state index contributed by atoms with van der Waals surface area (Å²) in [6.45, 7) is 0.653. The Bertz CT molecular complexity index is 876. The van der Waals surface area contributed by atoms with Gasteiger partial charge in [-0.3, -0.25) is 0 Å². The predicted octanol–water partition coefficient (Wildman–Crippen LogP) is 5.07. The van der Waals surface area contributed by atoms with E-state index in [9.17, 15) is 9.18 Å². The minimum absolute atomic E-state index is 0.100. The minimum Gasteiger partial charge on any atom is -0.313 e. The summed E-state index contributed by atoms with van der Waals surface area (Å²) in [4.78, 5) is 16.1. The number of hydrogen-bond acceptors (Lipinski definition) is 2. The molecule has 0 bridgehead atoms. The number of fused-ring (bicyclic) bond motifs is 1. The van der Waals surface area contributed by atoms with Crippen LogP contribution >= 0.6 is 11.3 Å². The Morgan fingerprint density at radius 2 is 1.84 bits per heavy atom. The van der Waals surface area contributed by atoms with Crippen LogP contribution in [0.3, 0.4) is 0 Å². The molecule has 0 radical (unpaired) electrons. The van der Waals surface area contributed by atoms with Gasteiger partial charge in [0.2, 0.25) is 0 Å².